The topological polar surface area (TPSA) is 153 Å². The molecule has 1 unspecified atom stereocenters. The van der Waals surface area contributed by atoms with Gasteiger partial charge >= 0.3 is 5.97 Å². The minimum Gasteiger partial charge on any atom is -0.507 e. The number of nitriles is 1. The third-order valence-electron chi connectivity index (χ3n) is 12.6. The number of nitrogens with zero attached hydrogens (tertiary/aromatic N) is 3. The number of carbonyl (C=O) groups excluding carboxylic acids is 1. The Balaban J connectivity index is 1.23. The van der Waals surface area contributed by atoms with Crippen LogP contribution in [-0.2, 0) is 27.9 Å². The Morgan fingerprint density at radius 2 is 1.92 bits per heavy atom. The molecule has 12 nitrogen and oxygen atoms in total. The molecule has 2 saturated heterocycles. The molecule has 3 aromatic carbocycles. The number of aromatic hydroxyl groups is 2. The van der Waals surface area contributed by atoms with Crippen molar-refractivity contribution in [1.82, 2.24) is 20.1 Å². The van der Waals surface area contributed by atoms with Crippen LogP contribution >= 0.6 is 11.8 Å². The average Bonchev–Trinajstić information content (AvgIpc) is 3.78. The lowest BCUT2D eigenvalue weighted by Gasteiger charge is -2.62. The van der Waals surface area contributed by atoms with Crippen LogP contribution in [0.2, 0.25) is 0 Å². The maximum absolute atomic E-state index is 14.7. The summed E-state index contributed by atoms with van der Waals surface area (Å²) in [5.41, 5.74) is 5.19. The second kappa shape index (κ2) is 11.4. The van der Waals surface area contributed by atoms with Gasteiger partial charge in [0.1, 0.15) is 24.2 Å². The van der Waals surface area contributed by atoms with E-state index in [4.69, 9.17) is 18.9 Å². The number of nitrogens with one attached hydrogen (secondary N) is 2. The Morgan fingerprint density at radius 1 is 1.11 bits per heavy atom. The number of benzene rings is 3. The Bertz CT molecular complexity index is 2330. The second-order valence-electron chi connectivity index (χ2n) is 15.0. The highest BCUT2D eigenvalue weighted by Gasteiger charge is 2.61. The molecule has 8 heterocycles. The quantitative estimate of drug-likeness (QED) is 0.201. The smallest absolute Gasteiger partial charge is 0.333 e. The van der Waals surface area contributed by atoms with Crippen LogP contribution in [0.25, 0.3) is 10.9 Å². The van der Waals surface area contributed by atoms with Crippen molar-refractivity contribution < 1.29 is 38.3 Å². The first-order chi connectivity index (χ1) is 25.6. The van der Waals surface area contributed by atoms with Crippen molar-refractivity contribution in [3.05, 3.63) is 74.7 Å². The van der Waals surface area contributed by atoms with Gasteiger partial charge in [0, 0.05) is 57.5 Å². The summed E-state index contributed by atoms with van der Waals surface area (Å²) >= 11 is 1.49. The van der Waals surface area contributed by atoms with Gasteiger partial charge in [0.25, 0.3) is 0 Å². The summed E-state index contributed by atoms with van der Waals surface area (Å²) < 4.78 is 38.8. The lowest BCUT2D eigenvalue weighted by molar-refractivity contribution is -0.157. The molecule has 0 saturated carbocycles. The zero-order chi connectivity index (χ0) is 36.7. The van der Waals surface area contributed by atoms with Gasteiger partial charge in [0.2, 0.25) is 6.79 Å². The Hall–Kier alpha value is -4.68. The SMILES string of the molecule is COc1c(C)cc2c(c1O)[C@@H]1C3[C@@H]4SC[C@]5(NCCc6c5[nH]c5ccc(F)cc65)C(=O)OC[C@@H](c5c6c(c(C)c(O)c54)OCO6)N3[C@@H](C#N)[C@@H](C2)N1C. The number of phenolic OH excluding ortho intramolecular Hbond substituents is 2. The molecule has 0 amide bonds. The lowest BCUT2D eigenvalue weighted by Crippen LogP contribution is -2.69. The van der Waals surface area contributed by atoms with Gasteiger partial charge in [-0.15, -0.1) is 11.8 Å². The maximum atomic E-state index is 14.7. The third kappa shape index (κ3) is 4.19. The van der Waals surface area contributed by atoms with Gasteiger partial charge in [-0.05, 0) is 68.6 Å². The van der Waals surface area contributed by atoms with Gasteiger partial charge in [-0.3, -0.25) is 15.1 Å². The Kier molecular flexibility index (Phi) is 7.09. The van der Waals surface area contributed by atoms with Crippen molar-refractivity contribution in [3.63, 3.8) is 0 Å². The number of methoxy groups -OCH3 is 1. The summed E-state index contributed by atoms with van der Waals surface area (Å²) in [6.07, 6.45) is 1.09. The highest BCUT2D eigenvalue weighted by molar-refractivity contribution is 7.99. The average molecular weight is 740 g/mol. The lowest BCUT2D eigenvalue weighted by atomic mass is 9.71. The number of carbonyl (C=O) groups is 1. The molecule has 0 radical (unpaired) electrons. The number of piperazine rings is 1. The normalized spacial score (nSPS) is 29.9. The van der Waals surface area contributed by atoms with Crippen molar-refractivity contribution in [1.29, 1.82) is 5.26 Å². The summed E-state index contributed by atoms with van der Waals surface area (Å²) in [6, 6.07) is 6.69. The summed E-state index contributed by atoms with van der Waals surface area (Å²) in [5.74, 6) is 0.758. The number of phenols is 2. The highest BCUT2D eigenvalue weighted by Crippen LogP contribution is 2.64. The number of hydrogen-bond donors (Lipinski definition) is 4. The van der Waals surface area contributed by atoms with Crippen LogP contribution in [0, 0.1) is 31.0 Å². The molecule has 4 N–H and O–H groups in total. The van der Waals surface area contributed by atoms with Crippen LogP contribution in [0.1, 0.15) is 62.0 Å². The van der Waals surface area contributed by atoms with E-state index < -0.39 is 40.9 Å². The maximum Gasteiger partial charge on any atom is 0.333 e. The number of aromatic amines is 1. The number of aryl methyl sites for hydroxylation is 1. The highest BCUT2D eigenvalue weighted by atomic mass is 32.2. The Morgan fingerprint density at radius 3 is 2.72 bits per heavy atom. The van der Waals surface area contributed by atoms with Crippen molar-refractivity contribution in [3.8, 4) is 34.8 Å². The monoisotopic (exact) mass is 739 g/mol. The number of rotatable bonds is 1. The molecule has 274 valence electrons. The van der Waals surface area contributed by atoms with E-state index in [1.807, 2.05) is 20.0 Å². The van der Waals surface area contributed by atoms with E-state index in [1.54, 1.807) is 20.1 Å². The largest absolute Gasteiger partial charge is 0.507 e. The zero-order valence-corrected chi connectivity index (χ0v) is 30.4. The van der Waals surface area contributed by atoms with Crippen LogP contribution in [-0.4, -0.2) is 88.9 Å². The first-order valence-electron chi connectivity index (χ1n) is 17.9. The number of aromatic nitrogens is 1. The van der Waals surface area contributed by atoms with Crippen molar-refractivity contribution in [2.75, 3.05) is 39.9 Å². The van der Waals surface area contributed by atoms with Crippen molar-refractivity contribution >= 4 is 28.6 Å². The molecular formula is C39H38FN5O7S. The molecule has 7 atom stereocenters. The summed E-state index contributed by atoms with van der Waals surface area (Å²) in [4.78, 5) is 22.5. The van der Waals surface area contributed by atoms with Gasteiger partial charge in [-0.2, -0.15) is 5.26 Å². The van der Waals surface area contributed by atoms with Crippen molar-refractivity contribution in [2.24, 2.45) is 0 Å². The van der Waals surface area contributed by atoms with E-state index in [9.17, 15) is 24.7 Å². The summed E-state index contributed by atoms with van der Waals surface area (Å²) in [5, 5.41) is 38.9. The van der Waals surface area contributed by atoms with E-state index in [-0.39, 0.29) is 42.5 Å². The number of halogens is 1. The summed E-state index contributed by atoms with van der Waals surface area (Å²) in [7, 11) is 3.54. The predicted octanol–water partition coefficient (Wildman–Crippen LogP) is 4.67. The van der Waals surface area contributed by atoms with Gasteiger partial charge in [0.05, 0.1) is 36.2 Å². The van der Waals surface area contributed by atoms with Crippen molar-refractivity contribution in [2.45, 2.75) is 67.7 Å². The number of fused-ring (bicyclic) bond motifs is 11. The molecule has 4 aromatic rings. The van der Waals surface area contributed by atoms with Gasteiger partial charge in [-0.25, -0.2) is 9.18 Å². The van der Waals surface area contributed by atoms with Gasteiger partial charge in [-0.1, -0.05) is 6.07 Å². The van der Waals surface area contributed by atoms with E-state index in [2.05, 4.69) is 26.2 Å². The summed E-state index contributed by atoms with van der Waals surface area (Å²) in [6.45, 7) is 3.98. The van der Waals surface area contributed by atoms with E-state index >= 15 is 0 Å². The van der Waals surface area contributed by atoms with E-state index in [0.29, 0.717) is 59.0 Å². The Labute approximate surface area is 308 Å². The molecule has 11 rings (SSSR count). The standard InChI is InChI=1S/C39H38FN5O7S/c1-16-9-18-10-23-24(12-41)45-25-13-50-38(48)39(37-20(7-8-42-39)21-11-19(40)5-6-22(21)43-37)14-53-36(28-27(25)35-34(51-15-52-35)17(2)31(28)46)30(45)29(44(23)3)26(18)32(47)33(16)49-4/h5-6,9,11,23-25,29-30,36,42-43,46-47H,7-8,10,13-15H2,1-4H3/t23-,24+,25+,29-,30?,36-,39-/m1/s1. The number of esters is 1. The molecule has 4 bridgehead atoms. The van der Waals surface area contributed by atoms with E-state index in [0.717, 1.165) is 33.2 Å². The number of thioether (sulfide) groups is 1. The van der Waals surface area contributed by atoms with Crippen LogP contribution in [0.4, 0.5) is 4.39 Å². The first kappa shape index (κ1) is 32.9. The fourth-order valence-electron chi connectivity index (χ4n) is 10.4. The molecular weight excluding hydrogens is 702 g/mol. The molecule has 53 heavy (non-hydrogen) atoms. The number of ether oxygens (including phenoxy) is 4. The number of hydrogen-bond acceptors (Lipinski definition) is 12. The number of H-pyrrole nitrogens is 1. The van der Waals surface area contributed by atoms with Gasteiger partial charge < -0.3 is 34.1 Å². The van der Waals surface area contributed by atoms with Crippen LogP contribution in [0.15, 0.2) is 24.3 Å². The van der Waals surface area contributed by atoms with Crippen LogP contribution in [0.5, 0.6) is 28.7 Å². The van der Waals surface area contributed by atoms with E-state index in [1.165, 1.54) is 23.9 Å². The minimum absolute atomic E-state index is 0.0351. The molecule has 7 aliphatic heterocycles. The molecule has 14 heteroatoms. The predicted molar refractivity (Wildman–Crippen MR) is 192 cm³/mol. The van der Waals surface area contributed by atoms with Gasteiger partial charge in [0.15, 0.2) is 28.5 Å². The number of likely N-dealkylation sites (N-methyl/N-ethyl adjacent to an activating group) is 1. The molecule has 1 spiro atoms. The molecule has 0 aliphatic carbocycles. The van der Waals surface area contributed by atoms with Crippen LogP contribution < -0.4 is 19.5 Å². The molecule has 2 fully saturated rings. The molecule has 7 aliphatic rings. The fraction of sp³-hybridized carbons (Fsp3) is 0.436. The second-order valence-corrected chi connectivity index (χ2v) is 16.1. The fourth-order valence-corrected chi connectivity index (χ4v) is 12.0. The third-order valence-corrected chi connectivity index (χ3v) is 14.1. The minimum atomic E-state index is -1.33. The first-order valence-corrected chi connectivity index (χ1v) is 18.9. The molecule has 1 aromatic heterocycles. The zero-order valence-electron chi connectivity index (χ0n) is 29.6. The van der Waals surface area contributed by atoms with Crippen LogP contribution in [0.3, 0.4) is 0 Å².